The third kappa shape index (κ3) is 2.16. The van der Waals surface area contributed by atoms with E-state index in [0.717, 1.165) is 14.6 Å². The average Bonchev–Trinajstić information content (AvgIpc) is 2.95. The highest BCUT2D eigenvalue weighted by atomic mass is 127. The predicted molar refractivity (Wildman–Crippen MR) is 76.1 cm³/mol. The van der Waals surface area contributed by atoms with E-state index < -0.39 is 12.5 Å². The van der Waals surface area contributed by atoms with Gasteiger partial charge in [-0.1, -0.05) is 0 Å². The van der Waals surface area contributed by atoms with E-state index in [9.17, 15) is 8.78 Å². The summed E-state index contributed by atoms with van der Waals surface area (Å²) in [5.74, 6) is 0.421. The van der Waals surface area contributed by atoms with Crippen molar-refractivity contribution in [3.05, 3.63) is 16.0 Å². The standard InChI is InChI=1S/C11H12F2IN5/c12-9(13)6-3-5(4-17-6)19-7-1-2-16-11(15)8(7)10(14)18-19/h1-2,5-6,9,17H,3-4H2,(H2,15,16)/t5-,6+/m0/s1. The molecule has 0 spiro atoms. The van der Waals surface area contributed by atoms with Crippen molar-refractivity contribution in [3.63, 3.8) is 0 Å². The lowest BCUT2D eigenvalue weighted by Crippen LogP contribution is -2.28. The number of rotatable bonds is 2. The number of nitrogens with one attached hydrogen (secondary N) is 1. The largest absolute Gasteiger partial charge is 0.383 e. The van der Waals surface area contributed by atoms with Crippen LogP contribution in [0.2, 0.25) is 0 Å². The Bertz CT molecular complexity index is 614. The average molecular weight is 379 g/mol. The molecule has 0 unspecified atom stereocenters. The van der Waals surface area contributed by atoms with Gasteiger partial charge in [0.05, 0.1) is 23.0 Å². The van der Waals surface area contributed by atoms with Crippen molar-refractivity contribution in [2.45, 2.75) is 24.9 Å². The molecule has 0 aliphatic carbocycles. The van der Waals surface area contributed by atoms with Crippen molar-refractivity contribution in [1.82, 2.24) is 20.1 Å². The maximum absolute atomic E-state index is 12.7. The van der Waals surface area contributed by atoms with Crippen LogP contribution in [0.3, 0.4) is 0 Å². The monoisotopic (exact) mass is 379 g/mol. The van der Waals surface area contributed by atoms with Gasteiger partial charge in [-0.05, 0) is 35.1 Å². The molecule has 2 aromatic heterocycles. The van der Waals surface area contributed by atoms with E-state index in [0.29, 0.717) is 18.8 Å². The maximum Gasteiger partial charge on any atom is 0.253 e. The SMILES string of the molecule is Nc1nccc2c1c(I)nn2[C@@H]1CN[C@@H](C(F)F)C1. The first-order valence-corrected chi connectivity index (χ1v) is 6.95. The fourth-order valence-corrected chi connectivity index (χ4v) is 3.26. The Morgan fingerprint density at radius 1 is 1.53 bits per heavy atom. The number of nitrogens with two attached hydrogens (primary N) is 1. The summed E-state index contributed by atoms with van der Waals surface area (Å²) in [6.45, 7) is 0.490. The van der Waals surface area contributed by atoms with E-state index in [2.05, 4.69) is 38.0 Å². The zero-order chi connectivity index (χ0) is 13.6. The van der Waals surface area contributed by atoms with Crippen LogP contribution in [0, 0.1) is 3.70 Å². The van der Waals surface area contributed by atoms with Gasteiger partial charge in [0.25, 0.3) is 6.43 Å². The van der Waals surface area contributed by atoms with Gasteiger partial charge in [-0.25, -0.2) is 13.8 Å². The van der Waals surface area contributed by atoms with E-state index in [1.807, 2.05) is 6.07 Å². The Labute approximate surface area is 121 Å². The van der Waals surface area contributed by atoms with E-state index >= 15 is 0 Å². The van der Waals surface area contributed by atoms with Gasteiger partial charge in [-0.3, -0.25) is 4.68 Å². The van der Waals surface area contributed by atoms with Crippen LogP contribution in [0.5, 0.6) is 0 Å². The molecule has 8 heteroatoms. The van der Waals surface area contributed by atoms with E-state index in [1.54, 1.807) is 10.9 Å². The summed E-state index contributed by atoms with van der Waals surface area (Å²) < 4.78 is 27.9. The fourth-order valence-electron chi connectivity index (χ4n) is 2.47. The molecule has 1 saturated heterocycles. The molecular formula is C11H12F2IN5. The first-order valence-electron chi connectivity index (χ1n) is 5.87. The topological polar surface area (TPSA) is 68.8 Å². The minimum Gasteiger partial charge on any atom is -0.383 e. The van der Waals surface area contributed by atoms with Gasteiger partial charge in [0.2, 0.25) is 0 Å². The zero-order valence-corrected chi connectivity index (χ0v) is 12.0. The van der Waals surface area contributed by atoms with Gasteiger partial charge in [-0.15, -0.1) is 0 Å². The fraction of sp³-hybridized carbons (Fsp3) is 0.455. The highest BCUT2D eigenvalue weighted by molar-refractivity contribution is 14.1. The molecule has 3 N–H and O–H groups in total. The third-order valence-electron chi connectivity index (χ3n) is 3.40. The van der Waals surface area contributed by atoms with Gasteiger partial charge in [0.1, 0.15) is 9.52 Å². The second-order valence-corrected chi connectivity index (χ2v) is 5.59. The summed E-state index contributed by atoms with van der Waals surface area (Å²) in [4.78, 5) is 4.04. The summed E-state index contributed by atoms with van der Waals surface area (Å²) >= 11 is 2.09. The number of anilines is 1. The van der Waals surface area contributed by atoms with Gasteiger partial charge in [0.15, 0.2) is 0 Å². The van der Waals surface area contributed by atoms with Gasteiger partial charge < -0.3 is 11.1 Å². The first kappa shape index (κ1) is 13.0. The smallest absolute Gasteiger partial charge is 0.253 e. The van der Waals surface area contributed by atoms with Crippen molar-refractivity contribution in [2.24, 2.45) is 0 Å². The van der Waals surface area contributed by atoms with Gasteiger partial charge in [-0.2, -0.15) is 5.10 Å². The molecule has 1 aliphatic heterocycles. The number of halogens is 3. The van der Waals surface area contributed by atoms with Crippen molar-refractivity contribution in [3.8, 4) is 0 Å². The summed E-state index contributed by atoms with van der Waals surface area (Å²) in [5, 5.41) is 8.05. The molecular weight excluding hydrogens is 367 g/mol. The number of nitrogen functional groups attached to an aromatic ring is 1. The Morgan fingerprint density at radius 3 is 3.00 bits per heavy atom. The first-order chi connectivity index (χ1) is 9.08. The van der Waals surface area contributed by atoms with Crippen LogP contribution >= 0.6 is 22.6 Å². The number of pyridine rings is 1. The minimum atomic E-state index is -2.35. The summed E-state index contributed by atoms with van der Waals surface area (Å²) in [5.41, 5.74) is 6.69. The second kappa shape index (κ2) is 4.82. The number of hydrogen-bond acceptors (Lipinski definition) is 4. The summed E-state index contributed by atoms with van der Waals surface area (Å²) in [7, 11) is 0. The number of alkyl halides is 2. The molecule has 0 saturated carbocycles. The van der Waals surface area contributed by atoms with Crippen molar-refractivity contribution >= 4 is 39.3 Å². The van der Waals surface area contributed by atoms with Gasteiger partial charge in [0, 0.05) is 12.7 Å². The predicted octanol–water partition coefficient (Wildman–Crippen LogP) is 1.79. The lowest BCUT2D eigenvalue weighted by atomic mass is 10.2. The normalized spacial score (nSPS) is 23.6. The molecule has 2 atom stereocenters. The second-order valence-electron chi connectivity index (χ2n) is 4.56. The van der Waals surface area contributed by atoms with Crippen LogP contribution in [-0.2, 0) is 0 Å². The highest BCUT2D eigenvalue weighted by Crippen LogP contribution is 2.30. The van der Waals surface area contributed by atoms with Gasteiger partial charge >= 0.3 is 0 Å². The van der Waals surface area contributed by atoms with E-state index in [-0.39, 0.29) is 6.04 Å². The van der Waals surface area contributed by atoms with Crippen molar-refractivity contribution in [1.29, 1.82) is 0 Å². The molecule has 5 nitrogen and oxygen atoms in total. The Kier molecular flexibility index (Phi) is 3.29. The summed E-state index contributed by atoms with van der Waals surface area (Å²) in [6.07, 6.45) is -0.372. The number of hydrogen-bond donors (Lipinski definition) is 2. The van der Waals surface area contributed by atoms with Crippen molar-refractivity contribution in [2.75, 3.05) is 12.3 Å². The Morgan fingerprint density at radius 2 is 2.32 bits per heavy atom. The van der Waals surface area contributed by atoms with Crippen LogP contribution in [0.25, 0.3) is 10.9 Å². The molecule has 19 heavy (non-hydrogen) atoms. The molecule has 1 fully saturated rings. The van der Waals surface area contributed by atoms with Crippen molar-refractivity contribution < 1.29 is 8.78 Å². The van der Waals surface area contributed by atoms with Crippen LogP contribution in [-0.4, -0.2) is 33.8 Å². The summed E-state index contributed by atoms with van der Waals surface area (Å²) in [6, 6.07) is 0.976. The number of aromatic nitrogens is 3. The molecule has 3 heterocycles. The molecule has 0 aromatic carbocycles. The highest BCUT2D eigenvalue weighted by Gasteiger charge is 2.33. The molecule has 2 aromatic rings. The Hall–Kier alpha value is -1.03. The lowest BCUT2D eigenvalue weighted by molar-refractivity contribution is 0.106. The van der Waals surface area contributed by atoms with E-state index in [4.69, 9.17) is 5.73 Å². The third-order valence-corrected chi connectivity index (χ3v) is 4.15. The molecule has 102 valence electrons. The molecule has 0 amide bonds. The number of nitrogens with zero attached hydrogens (tertiary/aromatic N) is 3. The number of fused-ring (bicyclic) bond motifs is 1. The zero-order valence-electron chi connectivity index (χ0n) is 9.85. The molecule has 0 radical (unpaired) electrons. The molecule has 3 rings (SSSR count). The lowest BCUT2D eigenvalue weighted by Gasteiger charge is -2.11. The molecule has 0 bridgehead atoms. The Balaban J connectivity index is 2.01. The molecule has 1 aliphatic rings. The van der Waals surface area contributed by atoms with Crippen LogP contribution in [0.4, 0.5) is 14.6 Å². The quantitative estimate of drug-likeness (QED) is 0.781. The van der Waals surface area contributed by atoms with Crippen LogP contribution in [0.15, 0.2) is 12.3 Å². The van der Waals surface area contributed by atoms with Crippen LogP contribution < -0.4 is 11.1 Å². The maximum atomic E-state index is 12.7. The van der Waals surface area contributed by atoms with E-state index in [1.165, 1.54) is 0 Å². The van der Waals surface area contributed by atoms with Crippen LogP contribution in [0.1, 0.15) is 12.5 Å². The minimum absolute atomic E-state index is 0.0770.